The number of piperidine rings is 2. The minimum Gasteiger partial charge on any atom is -0.369 e. The standard InChI is InChI=1S/C38H41F3N10O2/c1-24-18-29(31(40)19-30(24)39)34-21-43-36(37-42-9-11-50(34)37)45-26-20-44-51(22-26)33-8-10-48(23-32(33)41)13-12-47-14-16-49(17-15-47)27-4-2-25(3-5-27)28-6-7-35(52)46-38(28)53/h2-5,9,11,18-22,28,32-33H,6-8,10,12-17,23H2,1H3,(H,43,45)(H,46,52,53)/t28?,32-,33?/m0/s1. The number of aromatic nitrogens is 5. The number of halogens is 3. The molecular weight excluding hydrogens is 685 g/mol. The molecule has 0 radical (unpaired) electrons. The SMILES string of the molecule is Cc1cc(-c2cnc(Nc3cnn(C4CCN(CCN5CCN(c6ccc(C7CCC(=O)NC7=O)cc6)CC5)C[C@@H]4F)c3)c3nccn23)c(F)cc1F. The van der Waals surface area contributed by atoms with E-state index in [0.717, 1.165) is 63.1 Å². The zero-order valence-corrected chi connectivity index (χ0v) is 29.4. The van der Waals surface area contributed by atoms with Crippen LogP contribution in [0.15, 0.2) is 67.4 Å². The van der Waals surface area contributed by atoms with Crippen molar-refractivity contribution in [3.63, 3.8) is 0 Å². The van der Waals surface area contributed by atoms with Crippen molar-refractivity contribution in [2.75, 3.05) is 62.6 Å². The number of hydrogen-bond donors (Lipinski definition) is 2. The van der Waals surface area contributed by atoms with E-state index >= 15 is 4.39 Å². The summed E-state index contributed by atoms with van der Waals surface area (Å²) in [6, 6.07) is 10.0. The molecule has 8 rings (SSSR count). The molecule has 2 aromatic carbocycles. The molecule has 0 spiro atoms. The molecular formula is C38H41F3N10O2. The maximum atomic E-state index is 15.6. The van der Waals surface area contributed by atoms with E-state index in [-0.39, 0.29) is 23.3 Å². The topological polar surface area (TPSA) is 116 Å². The Balaban J connectivity index is 0.815. The van der Waals surface area contributed by atoms with Gasteiger partial charge in [0.05, 0.1) is 35.7 Å². The Hall–Kier alpha value is -5.28. The number of imidazole rings is 1. The summed E-state index contributed by atoms with van der Waals surface area (Å²) in [6.07, 6.45) is 8.64. The van der Waals surface area contributed by atoms with Crippen molar-refractivity contribution in [1.82, 2.24) is 39.3 Å². The fourth-order valence-corrected chi connectivity index (χ4v) is 7.68. The Morgan fingerprint density at radius 1 is 0.925 bits per heavy atom. The molecule has 6 heterocycles. The molecule has 3 saturated heterocycles. The van der Waals surface area contributed by atoms with Gasteiger partial charge in [0.2, 0.25) is 11.8 Å². The minimum atomic E-state index is -1.08. The van der Waals surface area contributed by atoms with Gasteiger partial charge in [0.25, 0.3) is 0 Å². The largest absolute Gasteiger partial charge is 0.369 e. The van der Waals surface area contributed by atoms with Gasteiger partial charge in [-0.2, -0.15) is 5.10 Å². The quantitative estimate of drug-likeness (QED) is 0.206. The highest BCUT2D eigenvalue weighted by molar-refractivity contribution is 6.01. The number of nitrogens with one attached hydrogen (secondary N) is 2. The lowest BCUT2D eigenvalue weighted by atomic mass is 9.90. The first kappa shape index (κ1) is 34.8. The first-order valence-electron chi connectivity index (χ1n) is 18.1. The van der Waals surface area contributed by atoms with Gasteiger partial charge in [0.15, 0.2) is 11.5 Å². The summed E-state index contributed by atoms with van der Waals surface area (Å²) in [6.45, 7) is 7.96. The number of imide groups is 1. The number of anilines is 3. The second-order valence-corrected chi connectivity index (χ2v) is 14.1. The van der Waals surface area contributed by atoms with E-state index in [1.807, 2.05) is 12.1 Å². The van der Waals surface area contributed by atoms with Crippen molar-refractivity contribution in [3.05, 3.63) is 90.1 Å². The lowest BCUT2D eigenvalue weighted by molar-refractivity contribution is -0.134. The van der Waals surface area contributed by atoms with Gasteiger partial charge in [-0.3, -0.25) is 33.8 Å². The number of carbonyl (C=O) groups is 2. The van der Waals surface area contributed by atoms with Crippen LogP contribution in [0.5, 0.6) is 0 Å². The molecule has 2 unspecified atom stereocenters. The van der Waals surface area contributed by atoms with E-state index < -0.39 is 23.8 Å². The van der Waals surface area contributed by atoms with Crippen LogP contribution in [0.1, 0.15) is 42.3 Å². The molecule has 3 aromatic heterocycles. The Kier molecular flexibility index (Phi) is 9.60. The van der Waals surface area contributed by atoms with Crippen LogP contribution in [0, 0.1) is 18.6 Å². The van der Waals surface area contributed by atoms with Gasteiger partial charge in [0, 0.05) is 94.7 Å². The van der Waals surface area contributed by atoms with Gasteiger partial charge in [-0.25, -0.2) is 23.1 Å². The average molecular weight is 727 g/mol. The number of benzene rings is 2. The molecule has 2 amide bonds. The third-order valence-corrected chi connectivity index (χ3v) is 10.8. The molecule has 2 N–H and O–H groups in total. The highest BCUT2D eigenvalue weighted by Crippen LogP contribution is 2.31. The number of nitrogens with zero attached hydrogens (tertiary/aromatic N) is 8. The van der Waals surface area contributed by atoms with Crippen LogP contribution in [-0.2, 0) is 9.59 Å². The highest BCUT2D eigenvalue weighted by atomic mass is 19.1. The second-order valence-electron chi connectivity index (χ2n) is 14.1. The number of amides is 2. The van der Waals surface area contributed by atoms with E-state index in [1.54, 1.807) is 40.8 Å². The van der Waals surface area contributed by atoms with E-state index in [1.165, 1.54) is 12.3 Å². The Bertz CT molecular complexity index is 2130. The molecule has 0 aliphatic carbocycles. The van der Waals surface area contributed by atoms with Crippen LogP contribution >= 0.6 is 0 Å². The van der Waals surface area contributed by atoms with Crippen molar-refractivity contribution >= 4 is 34.7 Å². The minimum absolute atomic E-state index is 0.204. The number of aryl methyl sites for hydroxylation is 1. The van der Waals surface area contributed by atoms with Crippen molar-refractivity contribution in [2.45, 2.75) is 44.3 Å². The van der Waals surface area contributed by atoms with Crippen molar-refractivity contribution in [3.8, 4) is 11.3 Å². The third-order valence-electron chi connectivity index (χ3n) is 10.8. The van der Waals surface area contributed by atoms with Gasteiger partial charge in [-0.15, -0.1) is 0 Å². The van der Waals surface area contributed by atoms with Crippen molar-refractivity contribution < 1.29 is 22.8 Å². The number of likely N-dealkylation sites (tertiary alicyclic amines) is 1. The second kappa shape index (κ2) is 14.6. The van der Waals surface area contributed by atoms with Crippen LogP contribution in [-0.4, -0.2) is 104 Å². The molecule has 3 aliphatic rings. The van der Waals surface area contributed by atoms with E-state index in [2.05, 4.69) is 52.5 Å². The van der Waals surface area contributed by atoms with E-state index in [4.69, 9.17) is 0 Å². The number of rotatable bonds is 9. The molecule has 53 heavy (non-hydrogen) atoms. The molecule has 3 aliphatic heterocycles. The van der Waals surface area contributed by atoms with Crippen LogP contribution in [0.25, 0.3) is 16.9 Å². The summed E-state index contributed by atoms with van der Waals surface area (Å²) < 4.78 is 47.6. The smallest absolute Gasteiger partial charge is 0.234 e. The number of hydrogen-bond acceptors (Lipinski definition) is 9. The van der Waals surface area contributed by atoms with Gasteiger partial charge >= 0.3 is 0 Å². The molecule has 5 aromatic rings. The third kappa shape index (κ3) is 7.22. The lowest BCUT2D eigenvalue weighted by Gasteiger charge is -2.39. The van der Waals surface area contributed by atoms with Gasteiger partial charge in [-0.05, 0) is 49.1 Å². The van der Waals surface area contributed by atoms with Crippen LogP contribution in [0.4, 0.5) is 30.4 Å². The van der Waals surface area contributed by atoms with Gasteiger partial charge < -0.3 is 10.2 Å². The Morgan fingerprint density at radius 2 is 1.72 bits per heavy atom. The van der Waals surface area contributed by atoms with Crippen LogP contribution < -0.4 is 15.5 Å². The van der Waals surface area contributed by atoms with Crippen LogP contribution in [0.3, 0.4) is 0 Å². The predicted molar refractivity (Wildman–Crippen MR) is 194 cm³/mol. The van der Waals surface area contributed by atoms with Crippen LogP contribution in [0.2, 0.25) is 0 Å². The maximum Gasteiger partial charge on any atom is 0.234 e. The monoisotopic (exact) mass is 726 g/mol. The molecule has 12 nitrogen and oxygen atoms in total. The zero-order valence-electron chi connectivity index (χ0n) is 29.4. The van der Waals surface area contributed by atoms with Crippen molar-refractivity contribution in [1.29, 1.82) is 0 Å². The summed E-state index contributed by atoms with van der Waals surface area (Å²) in [5.41, 5.74) is 4.11. The normalized spacial score (nSPS) is 21.7. The van der Waals surface area contributed by atoms with E-state index in [9.17, 15) is 18.4 Å². The number of carbonyl (C=O) groups excluding carboxylic acids is 2. The lowest BCUT2D eigenvalue weighted by Crippen LogP contribution is -2.50. The highest BCUT2D eigenvalue weighted by Gasteiger charge is 2.32. The number of piperazine rings is 1. The number of fused-ring (bicyclic) bond motifs is 1. The summed E-state index contributed by atoms with van der Waals surface area (Å²) in [5.74, 6) is -1.58. The summed E-state index contributed by atoms with van der Waals surface area (Å²) in [7, 11) is 0. The Morgan fingerprint density at radius 3 is 2.49 bits per heavy atom. The summed E-state index contributed by atoms with van der Waals surface area (Å²) >= 11 is 0. The maximum absolute atomic E-state index is 15.6. The summed E-state index contributed by atoms with van der Waals surface area (Å²) in [4.78, 5) is 39.6. The zero-order chi connectivity index (χ0) is 36.6. The molecule has 3 fully saturated rings. The first-order valence-corrected chi connectivity index (χ1v) is 18.1. The molecule has 0 saturated carbocycles. The first-order chi connectivity index (χ1) is 25.7. The van der Waals surface area contributed by atoms with Gasteiger partial charge in [-0.1, -0.05) is 12.1 Å². The van der Waals surface area contributed by atoms with Crippen molar-refractivity contribution in [2.24, 2.45) is 0 Å². The fourth-order valence-electron chi connectivity index (χ4n) is 7.68. The summed E-state index contributed by atoms with van der Waals surface area (Å²) in [5, 5.41) is 10.1. The number of alkyl halides is 1. The average Bonchev–Trinajstić information content (AvgIpc) is 3.84. The molecule has 0 bridgehead atoms. The Labute approximate surface area is 304 Å². The predicted octanol–water partition coefficient (Wildman–Crippen LogP) is 4.85. The van der Waals surface area contributed by atoms with E-state index in [0.29, 0.717) is 54.2 Å². The molecule has 3 atom stereocenters. The fraction of sp³-hybridized carbons (Fsp3) is 0.395. The van der Waals surface area contributed by atoms with Gasteiger partial charge in [0.1, 0.15) is 17.8 Å². The molecule has 276 valence electrons. The molecule has 15 heteroatoms.